The Morgan fingerprint density at radius 3 is 2.70 bits per heavy atom. The Balaban J connectivity index is 1.68. The highest BCUT2D eigenvalue weighted by Gasteiger charge is 2.17. The summed E-state index contributed by atoms with van der Waals surface area (Å²) in [6, 6.07) is 6.78. The molecule has 0 unspecified atom stereocenters. The van der Waals surface area contributed by atoms with Crippen LogP contribution < -0.4 is 10.1 Å². The maximum atomic E-state index is 12.5. The number of amides is 1. The molecular weight excluding hydrogens is 388 g/mol. The quantitative estimate of drug-likeness (QED) is 0.629. The minimum absolute atomic E-state index is 0.279. The van der Waals surface area contributed by atoms with E-state index in [9.17, 15) is 9.59 Å². The number of aryl methyl sites for hydroxylation is 2. The molecule has 27 heavy (non-hydrogen) atoms. The second-order valence-corrected chi connectivity index (χ2v) is 7.02. The van der Waals surface area contributed by atoms with Crippen LogP contribution in [-0.2, 0) is 11.3 Å². The number of benzene rings is 1. The number of carbonyl (C=O) groups excluding carboxylic acids is 2. The van der Waals surface area contributed by atoms with Crippen LogP contribution in [0.3, 0.4) is 0 Å². The molecule has 0 atom stereocenters. The molecule has 2 heterocycles. The zero-order valence-corrected chi connectivity index (χ0v) is 16.4. The number of anilines is 1. The number of methoxy groups -OCH3 is 1. The summed E-state index contributed by atoms with van der Waals surface area (Å²) in [5.41, 5.74) is 2.51. The lowest BCUT2D eigenvalue weighted by Crippen LogP contribution is -2.11. The van der Waals surface area contributed by atoms with Crippen molar-refractivity contribution >= 4 is 40.1 Å². The van der Waals surface area contributed by atoms with Crippen LogP contribution in [0.15, 0.2) is 24.3 Å². The lowest BCUT2D eigenvalue weighted by atomic mass is 10.2. The smallest absolute Gasteiger partial charge is 0.350 e. The van der Waals surface area contributed by atoms with Gasteiger partial charge in [-0.05, 0) is 32.0 Å². The second-order valence-electron chi connectivity index (χ2n) is 5.49. The summed E-state index contributed by atoms with van der Waals surface area (Å²) in [7, 11) is 1.30. The Morgan fingerprint density at radius 1 is 1.19 bits per heavy atom. The fourth-order valence-electron chi connectivity index (χ4n) is 2.16. The summed E-state index contributed by atoms with van der Waals surface area (Å²) in [4.78, 5) is 28.7. The van der Waals surface area contributed by atoms with Gasteiger partial charge in [0, 0.05) is 5.56 Å². The molecule has 0 fully saturated rings. The van der Waals surface area contributed by atoms with Crippen molar-refractivity contribution in [2.75, 3.05) is 12.4 Å². The van der Waals surface area contributed by atoms with Gasteiger partial charge < -0.3 is 9.47 Å². The SMILES string of the molecule is COC(=O)c1sc(NC(=O)c2cccc(OCc3nsnc3C)c2)nc1C. The van der Waals surface area contributed by atoms with Crippen LogP contribution in [0.4, 0.5) is 5.13 Å². The van der Waals surface area contributed by atoms with Crippen molar-refractivity contribution in [3.05, 3.63) is 51.8 Å². The topological polar surface area (TPSA) is 103 Å². The van der Waals surface area contributed by atoms with E-state index in [1.54, 1.807) is 31.2 Å². The molecule has 3 aromatic rings. The third-order valence-electron chi connectivity index (χ3n) is 3.61. The highest BCUT2D eigenvalue weighted by atomic mass is 32.1. The number of hydrogen-bond acceptors (Lipinski definition) is 9. The molecule has 0 saturated heterocycles. The third kappa shape index (κ3) is 4.47. The predicted molar refractivity (Wildman–Crippen MR) is 102 cm³/mol. The van der Waals surface area contributed by atoms with Gasteiger partial charge in [0.25, 0.3) is 5.91 Å². The Kier molecular flexibility index (Phi) is 5.77. The number of ether oxygens (including phenoxy) is 2. The highest BCUT2D eigenvalue weighted by molar-refractivity contribution is 7.17. The normalized spacial score (nSPS) is 10.5. The number of aromatic nitrogens is 3. The number of carbonyl (C=O) groups is 2. The van der Waals surface area contributed by atoms with E-state index in [-0.39, 0.29) is 12.5 Å². The first kappa shape index (κ1) is 18.9. The second kappa shape index (κ2) is 8.23. The molecule has 10 heteroatoms. The molecule has 0 aliphatic carbocycles. The van der Waals surface area contributed by atoms with E-state index in [2.05, 4.69) is 19.0 Å². The van der Waals surface area contributed by atoms with Gasteiger partial charge in [0.2, 0.25) is 0 Å². The summed E-state index contributed by atoms with van der Waals surface area (Å²) in [6.45, 7) is 3.83. The minimum Gasteiger partial charge on any atom is -0.487 e. The molecule has 0 bridgehead atoms. The molecule has 8 nitrogen and oxygen atoms in total. The largest absolute Gasteiger partial charge is 0.487 e. The van der Waals surface area contributed by atoms with Gasteiger partial charge in [-0.3, -0.25) is 10.1 Å². The van der Waals surface area contributed by atoms with Gasteiger partial charge in [-0.15, -0.1) is 0 Å². The predicted octanol–water partition coefficient (Wildman–Crippen LogP) is 3.23. The number of nitrogens with one attached hydrogen (secondary N) is 1. The Labute approximate surface area is 163 Å². The van der Waals surface area contributed by atoms with Crippen molar-refractivity contribution in [2.24, 2.45) is 0 Å². The van der Waals surface area contributed by atoms with Gasteiger partial charge >= 0.3 is 5.97 Å². The number of hydrogen-bond donors (Lipinski definition) is 1. The van der Waals surface area contributed by atoms with Crippen LogP contribution in [0.2, 0.25) is 0 Å². The van der Waals surface area contributed by atoms with Crippen LogP contribution in [-0.4, -0.2) is 32.7 Å². The van der Waals surface area contributed by atoms with Crippen molar-refractivity contribution in [3.63, 3.8) is 0 Å². The molecule has 3 rings (SSSR count). The fraction of sp³-hybridized carbons (Fsp3) is 0.235. The highest BCUT2D eigenvalue weighted by Crippen LogP contribution is 2.24. The van der Waals surface area contributed by atoms with Gasteiger partial charge in [0.1, 0.15) is 22.9 Å². The van der Waals surface area contributed by atoms with E-state index in [0.717, 1.165) is 34.5 Å². The Bertz CT molecular complexity index is 983. The summed E-state index contributed by atoms with van der Waals surface area (Å²) < 4.78 is 18.6. The van der Waals surface area contributed by atoms with Gasteiger partial charge in [0.15, 0.2) is 5.13 Å². The Morgan fingerprint density at radius 2 is 2.00 bits per heavy atom. The van der Waals surface area contributed by atoms with Crippen LogP contribution in [0, 0.1) is 13.8 Å². The Hall–Kier alpha value is -2.85. The van der Waals surface area contributed by atoms with E-state index in [0.29, 0.717) is 27.0 Å². The molecule has 0 saturated carbocycles. The van der Waals surface area contributed by atoms with E-state index in [1.807, 2.05) is 6.92 Å². The van der Waals surface area contributed by atoms with Crippen molar-refractivity contribution < 1.29 is 19.1 Å². The van der Waals surface area contributed by atoms with Gasteiger partial charge in [0.05, 0.1) is 30.2 Å². The average molecular weight is 404 g/mol. The molecule has 1 aromatic carbocycles. The summed E-state index contributed by atoms with van der Waals surface area (Å²) in [5, 5.41) is 3.02. The maximum absolute atomic E-state index is 12.5. The van der Waals surface area contributed by atoms with Crippen molar-refractivity contribution in [1.29, 1.82) is 0 Å². The molecule has 1 amide bonds. The molecule has 1 N–H and O–H groups in total. The van der Waals surface area contributed by atoms with Crippen LogP contribution in [0.5, 0.6) is 5.75 Å². The van der Waals surface area contributed by atoms with Gasteiger partial charge in [-0.25, -0.2) is 9.78 Å². The first-order chi connectivity index (χ1) is 13.0. The molecule has 2 aromatic heterocycles. The summed E-state index contributed by atoms with van der Waals surface area (Å²) in [6.07, 6.45) is 0. The average Bonchev–Trinajstić information content (AvgIpc) is 3.24. The number of esters is 1. The van der Waals surface area contributed by atoms with E-state index >= 15 is 0 Å². The first-order valence-electron chi connectivity index (χ1n) is 7.86. The number of thiazole rings is 1. The lowest BCUT2D eigenvalue weighted by molar-refractivity contribution is 0.0605. The lowest BCUT2D eigenvalue weighted by Gasteiger charge is -2.07. The molecule has 0 radical (unpaired) electrons. The molecule has 140 valence electrons. The summed E-state index contributed by atoms with van der Waals surface area (Å²) in [5.74, 6) is -0.287. The van der Waals surface area contributed by atoms with Crippen LogP contribution in [0.25, 0.3) is 0 Å². The van der Waals surface area contributed by atoms with Crippen LogP contribution >= 0.6 is 23.1 Å². The first-order valence-corrected chi connectivity index (χ1v) is 9.40. The van der Waals surface area contributed by atoms with Crippen molar-refractivity contribution in [1.82, 2.24) is 13.7 Å². The van der Waals surface area contributed by atoms with E-state index in [1.165, 1.54) is 7.11 Å². The van der Waals surface area contributed by atoms with E-state index < -0.39 is 5.97 Å². The standard InChI is InChI=1S/C17H16N4O4S2/c1-9-13(21-27-20-9)8-25-12-6-4-5-11(7-12)15(22)19-17-18-10(2)14(26-17)16(23)24-3/h4-7H,8H2,1-3H3,(H,18,19,22). The molecular formula is C17H16N4O4S2. The summed E-state index contributed by atoms with van der Waals surface area (Å²) >= 11 is 2.20. The van der Waals surface area contributed by atoms with Gasteiger partial charge in [-0.2, -0.15) is 8.75 Å². The van der Waals surface area contributed by atoms with E-state index in [4.69, 9.17) is 9.47 Å². The zero-order chi connectivity index (χ0) is 19.4. The third-order valence-corrected chi connectivity index (χ3v) is 5.32. The molecule has 0 aliphatic rings. The van der Waals surface area contributed by atoms with Crippen molar-refractivity contribution in [2.45, 2.75) is 20.5 Å². The van der Waals surface area contributed by atoms with Crippen molar-refractivity contribution in [3.8, 4) is 5.75 Å². The zero-order valence-electron chi connectivity index (χ0n) is 14.8. The number of rotatable bonds is 6. The number of nitrogens with zero attached hydrogens (tertiary/aromatic N) is 3. The minimum atomic E-state index is -0.479. The van der Waals surface area contributed by atoms with Crippen LogP contribution in [0.1, 0.15) is 37.1 Å². The van der Waals surface area contributed by atoms with Gasteiger partial charge in [-0.1, -0.05) is 17.4 Å². The monoisotopic (exact) mass is 404 g/mol. The molecule has 0 aliphatic heterocycles. The molecule has 0 spiro atoms. The maximum Gasteiger partial charge on any atom is 0.350 e. The fourth-order valence-corrected chi connectivity index (χ4v) is 3.59.